The predicted octanol–water partition coefficient (Wildman–Crippen LogP) is 3.70. The van der Waals surface area contributed by atoms with Crippen LogP contribution in [0.1, 0.15) is 18.4 Å². The molecule has 3 rings (SSSR count). The number of nitrogens with one attached hydrogen (secondary N) is 1. The van der Waals surface area contributed by atoms with Crippen molar-refractivity contribution in [1.82, 2.24) is 10.2 Å². The summed E-state index contributed by atoms with van der Waals surface area (Å²) in [6, 6.07) is 13.9. The summed E-state index contributed by atoms with van der Waals surface area (Å²) in [4.78, 5) is 23.1. The lowest BCUT2D eigenvalue weighted by Crippen LogP contribution is -2.22. The first-order valence-corrected chi connectivity index (χ1v) is 9.50. The van der Waals surface area contributed by atoms with Gasteiger partial charge in [-0.25, -0.2) is 0 Å². The highest BCUT2D eigenvalue weighted by Gasteiger charge is 2.22. The van der Waals surface area contributed by atoms with Gasteiger partial charge in [0.25, 0.3) is 10.9 Å². The summed E-state index contributed by atoms with van der Waals surface area (Å²) >= 11 is 1.08. The Morgan fingerprint density at radius 1 is 1.28 bits per heavy atom. The van der Waals surface area contributed by atoms with E-state index in [0.29, 0.717) is 18.1 Å². The maximum absolute atomic E-state index is 12.5. The summed E-state index contributed by atoms with van der Waals surface area (Å²) in [5, 5.41) is 21.4. The number of thioether (sulfide) groups is 1. The quantitative estimate of drug-likeness (QED) is 0.336. The standard InChI is InChI=1S/C19H18N4O5S/c1-12(18(24)20-15-9-8-14(27-2)11-16(15)23(25)26)29-19-22-21-17(28-19)10-13-6-4-3-5-7-13/h3-9,11-12H,10H2,1-2H3,(H,20,24)/t12-/m0/s1. The van der Waals surface area contributed by atoms with Gasteiger partial charge in [-0.3, -0.25) is 14.9 Å². The van der Waals surface area contributed by atoms with Crippen LogP contribution < -0.4 is 10.1 Å². The van der Waals surface area contributed by atoms with Gasteiger partial charge in [0.15, 0.2) is 0 Å². The molecule has 1 N–H and O–H groups in total. The van der Waals surface area contributed by atoms with Gasteiger partial charge in [-0.15, -0.1) is 10.2 Å². The van der Waals surface area contributed by atoms with Crippen molar-refractivity contribution in [2.45, 2.75) is 23.8 Å². The van der Waals surface area contributed by atoms with E-state index in [1.165, 1.54) is 25.3 Å². The van der Waals surface area contributed by atoms with E-state index in [9.17, 15) is 14.9 Å². The maximum Gasteiger partial charge on any atom is 0.296 e. The molecule has 150 valence electrons. The van der Waals surface area contributed by atoms with Crippen LogP contribution in [0.3, 0.4) is 0 Å². The third-order valence-corrected chi connectivity index (χ3v) is 4.89. The molecule has 0 aliphatic heterocycles. The monoisotopic (exact) mass is 414 g/mol. The Bertz CT molecular complexity index is 1010. The summed E-state index contributed by atoms with van der Waals surface area (Å²) in [6.07, 6.45) is 0.493. The molecule has 0 aliphatic carbocycles. The Hall–Kier alpha value is -3.40. The number of amides is 1. The summed E-state index contributed by atoms with van der Waals surface area (Å²) in [7, 11) is 1.41. The number of ether oxygens (including phenoxy) is 1. The number of rotatable bonds is 8. The van der Waals surface area contributed by atoms with E-state index in [0.717, 1.165) is 17.3 Å². The fourth-order valence-electron chi connectivity index (χ4n) is 2.46. The minimum absolute atomic E-state index is 0.0866. The lowest BCUT2D eigenvalue weighted by atomic mass is 10.2. The lowest BCUT2D eigenvalue weighted by molar-refractivity contribution is -0.384. The van der Waals surface area contributed by atoms with Crippen LogP contribution in [-0.2, 0) is 11.2 Å². The van der Waals surface area contributed by atoms with Crippen LogP contribution in [0.2, 0.25) is 0 Å². The highest BCUT2D eigenvalue weighted by molar-refractivity contribution is 8.00. The molecule has 0 spiro atoms. The Morgan fingerprint density at radius 2 is 2.03 bits per heavy atom. The zero-order valence-electron chi connectivity index (χ0n) is 15.7. The highest BCUT2D eigenvalue weighted by atomic mass is 32.2. The zero-order chi connectivity index (χ0) is 20.8. The number of nitro groups is 1. The van der Waals surface area contributed by atoms with Gasteiger partial charge in [0.1, 0.15) is 11.4 Å². The predicted molar refractivity (Wildman–Crippen MR) is 107 cm³/mol. The molecule has 29 heavy (non-hydrogen) atoms. The van der Waals surface area contributed by atoms with E-state index >= 15 is 0 Å². The molecule has 0 radical (unpaired) electrons. The third-order valence-electron chi connectivity index (χ3n) is 3.95. The number of benzene rings is 2. The summed E-state index contributed by atoms with van der Waals surface area (Å²) in [5.74, 6) is 0.345. The number of carbonyl (C=O) groups is 1. The van der Waals surface area contributed by atoms with Gasteiger partial charge in [-0.1, -0.05) is 42.1 Å². The molecule has 1 heterocycles. The van der Waals surface area contributed by atoms with Crippen LogP contribution in [-0.4, -0.2) is 33.4 Å². The van der Waals surface area contributed by atoms with Gasteiger partial charge in [0.05, 0.1) is 29.8 Å². The summed E-state index contributed by atoms with van der Waals surface area (Å²) in [5.41, 5.74) is 0.867. The molecule has 0 unspecified atom stereocenters. The Kier molecular flexibility index (Phi) is 6.45. The van der Waals surface area contributed by atoms with Gasteiger partial charge in [-0.05, 0) is 24.6 Å². The first kappa shape index (κ1) is 20.3. The molecular formula is C19H18N4O5S. The van der Waals surface area contributed by atoms with E-state index in [4.69, 9.17) is 9.15 Å². The molecule has 3 aromatic rings. The fourth-order valence-corrected chi connectivity index (χ4v) is 3.16. The largest absolute Gasteiger partial charge is 0.496 e. The number of hydrogen-bond donors (Lipinski definition) is 1. The summed E-state index contributed by atoms with van der Waals surface area (Å²) in [6.45, 7) is 1.65. The average molecular weight is 414 g/mol. The number of nitrogens with zero attached hydrogens (tertiary/aromatic N) is 3. The van der Waals surface area contributed by atoms with Crippen molar-refractivity contribution in [3.05, 3.63) is 70.1 Å². The van der Waals surface area contributed by atoms with Crippen molar-refractivity contribution in [1.29, 1.82) is 0 Å². The van der Waals surface area contributed by atoms with E-state index in [1.807, 2.05) is 30.3 Å². The smallest absolute Gasteiger partial charge is 0.296 e. The number of hydrogen-bond acceptors (Lipinski definition) is 8. The minimum atomic E-state index is -0.610. The van der Waals surface area contributed by atoms with Crippen LogP contribution >= 0.6 is 11.8 Å². The molecule has 1 atom stereocenters. The zero-order valence-corrected chi connectivity index (χ0v) is 16.5. The van der Waals surface area contributed by atoms with Crippen molar-refractivity contribution >= 4 is 29.0 Å². The van der Waals surface area contributed by atoms with E-state index in [1.54, 1.807) is 6.92 Å². The average Bonchev–Trinajstić information content (AvgIpc) is 3.15. The van der Waals surface area contributed by atoms with Crippen LogP contribution in [0, 0.1) is 10.1 Å². The molecule has 0 aliphatic rings. The number of nitro benzene ring substituents is 1. The number of carbonyl (C=O) groups excluding carboxylic acids is 1. The number of aromatic nitrogens is 2. The van der Waals surface area contributed by atoms with Crippen LogP contribution in [0.5, 0.6) is 5.75 Å². The van der Waals surface area contributed by atoms with E-state index in [-0.39, 0.29) is 16.6 Å². The van der Waals surface area contributed by atoms with Crippen LogP contribution in [0.4, 0.5) is 11.4 Å². The van der Waals surface area contributed by atoms with Crippen LogP contribution in [0.15, 0.2) is 58.2 Å². The molecule has 0 saturated carbocycles. The van der Waals surface area contributed by atoms with Gasteiger partial charge >= 0.3 is 0 Å². The molecule has 0 fully saturated rings. The SMILES string of the molecule is COc1ccc(NC(=O)[C@H](C)Sc2nnc(Cc3ccccc3)o2)c([N+](=O)[O-])c1. The molecule has 9 nitrogen and oxygen atoms in total. The second-order valence-electron chi connectivity index (χ2n) is 6.01. The van der Waals surface area contributed by atoms with Gasteiger partial charge in [0.2, 0.25) is 11.8 Å². The second-order valence-corrected chi connectivity index (χ2v) is 7.31. The Labute approximate surface area is 170 Å². The van der Waals surface area contributed by atoms with Crippen molar-refractivity contribution in [3.8, 4) is 5.75 Å². The first-order valence-electron chi connectivity index (χ1n) is 8.62. The normalized spacial score (nSPS) is 11.7. The maximum atomic E-state index is 12.5. The first-order chi connectivity index (χ1) is 14.0. The highest BCUT2D eigenvalue weighted by Crippen LogP contribution is 2.30. The fraction of sp³-hybridized carbons (Fsp3) is 0.211. The van der Waals surface area contributed by atoms with Crippen molar-refractivity contribution < 1.29 is 18.9 Å². The van der Waals surface area contributed by atoms with Gasteiger partial charge < -0.3 is 14.5 Å². The van der Waals surface area contributed by atoms with Gasteiger partial charge in [0, 0.05) is 0 Å². The van der Waals surface area contributed by atoms with Crippen molar-refractivity contribution in [2.24, 2.45) is 0 Å². The molecular weight excluding hydrogens is 396 g/mol. The van der Waals surface area contributed by atoms with Crippen molar-refractivity contribution in [2.75, 3.05) is 12.4 Å². The van der Waals surface area contributed by atoms with Gasteiger partial charge in [-0.2, -0.15) is 0 Å². The van der Waals surface area contributed by atoms with Crippen LogP contribution in [0.25, 0.3) is 0 Å². The molecule has 1 amide bonds. The summed E-state index contributed by atoms with van der Waals surface area (Å²) < 4.78 is 10.6. The molecule has 0 saturated heterocycles. The number of anilines is 1. The number of methoxy groups -OCH3 is 1. The molecule has 1 aromatic heterocycles. The minimum Gasteiger partial charge on any atom is -0.496 e. The molecule has 10 heteroatoms. The Balaban J connectivity index is 1.63. The van der Waals surface area contributed by atoms with Crippen molar-refractivity contribution in [3.63, 3.8) is 0 Å². The Morgan fingerprint density at radius 3 is 2.72 bits per heavy atom. The molecule has 0 bridgehead atoms. The second kappa shape index (κ2) is 9.20. The van der Waals surface area contributed by atoms with E-state index in [2.05, 4.69) is 15.5 Å². The topological polar surface area (TPSA) is 120 Å². The molecule has 2 aromatic carbocycles. The lowest BCUT2D eigenvalue weighted by Gasteiger charge is -2.11. The van der Waals surface area contributed by atoms with E-state index < -0.39 is 16.1 Å². The third kappa shape index (κ3) is 5.32.